The first kappa shape index (κ1) is 19.6. The fourth-order valence-electron chi connectivity index (χ4n) is 3.39. The number of hydrogen-bond donors (Lipinski definition) is 1. The molecule has 0 unspecified atom stereocenters. The highest BCUT2D eigenvalue weighted by atomic mass is 35.5. The third-order valence-corrected chi connectivity index (χ3v) is 5.43. The molecule has 0 aliphatic heterocycles. The van der Waals surface area contributed by atoms with Gasteiger partial charge in [0.2, 0.25) is 0 Å². The van der Waals surface area contributed by atoms with E-state index in [1.165, 1.54) is 12.8 Å². The molecule has 5 heteroatoms. The molecule has 0 radical (unpaired) electrons. The zero-order valence-electron chi connectivity index (χ0n) is 16.2. The van der Waals surface area contributed by atoms with E-state index in [2.05, 4.69) is 19.2 Å². The molecule has 0 saturated heterocycles. The third-order valence-electron chi connectivity index (χ3n) is 5.02. The number of benzene rings is 2. The fraction of sp³-hybridized carbons (Fsp3) is 0.364. The van der Waals surface area contributed by atoms with Crippen LogP contribution in [-0.2, 0) is 0 Å². The van der Waals surface area contributed by atoms with Crippen LogP contribution in [0.25, 0.3) is 16.6 Å². The topological polar surface area (TPSA) is 51.5 Å². The molecule has 1 aromatic heterocycles. The van der Waals surface area contributed by atoms with Gasteiger partial charge in [0, 0.05) is 5.02 Å². The van der Waals surface area contributed by atoms with Gasteiger partial charge in [-0.2, -0.15) is 0 Å². The summed E-state index contributed by atoms with van der Waals surface area (Å²) in [6.45, 7) is 7.28. The summed E-state index contributed by atoms with van der Waals surface area (Å²) in [5, 5.41) is 3.54. The maximum atomic E-state index is 13.4. The van der Waals surface area contributed by atoms with Crippen molar-refractivity contribution in [2.45, 2.75) is 46.1 Å². The first-order valence-corrected chi connectivity index (χ1v) is 10.0. The Labute approximate surface area is 165 Å². The van der Waals surface area contributed by atoms with Crippen LogP contribution < -0.4 is 10.9 Å². The Morgan fingerprint density at radius 2 is 1.93 bits per heavy atom. The quantitative estimate of drug-likeness (QED) is 0.622. The minimum atomic E-state index is -0.0465. The van der Waals surface area contributed by atoms with Crippen LogP contribution in [0.1, 0.15) is 50.5 Å². The van der Waals surface area contributed by atoms with Gasteiger partial charge in [-0.25, -0.2) is 4.98 Å². The Morgan fingerprint density at radius 3 is 2.70 bits per heavy atom. The van der Waals surface area contributed by atoms with E-state index in [-0.39, 0.29) is 11.6 Å². The number of fused-ring (bicyclic) bond motifs is 1. The van der Waals surface area contributed by atoms with Gasteiger partial charge in [-0.15, -0.1) is 0 Å². The van der Waals surface area contributed by atoms with Gasteiger partial charge in [-0.3, -0.25) is 9.36 Å². The summed E-state index contributed by atoms with van der Waals surface area (Å²) in [7, 11) is 0. The lowest BCUT2D eigenvalue weighted by Crippen LogP contribution is -2.85. The van der Waals surface area contributed by atoms with Crippen LogP contribution in [0.15, 0.2) is 47.3 Å². The van der Waals surface area contributed by atoms with E-state index < -0.39 is 0 Å². The van der Waals surface area contributed by atoms with Gasteiger partial charge in [0.05, 0.1) is 23.1 Å². The van der Waals surface area contributed by atoms with E-state index in [0.717, 1.165) is 35.6 Å². The van der Waals surface area contributed by atoms with Gasteiger partial charge >= 0.3 is 0 Å². The predicted molar refractivity (Wildman–Crippen MR) is 112 cm³/mol. The molecule has 3 rings (SSSR count). The maximum Gasteiger partial charge on any atom is 0.266 e. The van der Waals surface area contributed by atoms with E-state index in [0.29, 0.717) is 10.4 Å². The number of para-hydroxylation sites is 1. The Bertz CT molecular complexity index is 997. The van der Waals surface area contributed by atoms with Gasteiger partial charge in [0.25, 0.3) is 5.56 Å². The van der Waals surface area contributed by atoms with Crippen LogP contribution in [0.4, 0.5) is 0 Å². The molecule has 0 aliphatic carbocycles. The Morgan fingerprint density at radius 1 is 1.15 bits per heavy atom. The molecule has 3 aromatic rings. The van der Waals surface area contributed by atoms with Crippen molar-refractivity contribution in [1.82, 2.24) is 9.55 Å². The summed E-state index contributed by atoms with van der Waals surface area (Å²) in [6.07, 6.45) is 3.58. The maximum absolute atomic E-state index is 13.4. The highest BCUT2D eigenvalue weighted by Crippen LogP contribution is 2.24. The summed E-state index contributed by atoms with van der Waals surface area (Å²) < 4.78 is 1.74. The summed E-state index contributed by atoms with van der Waals surface area (Å²) in [4.78, 5) is 18.2. The summed E-state index contributed by atoms with van der Waals surface area (Å²) in [5.41, 5.74) is 2.38. The normalized spacial score (nSPS) is 12.4. The van der Waals surface area contributed by atoms with Gasteiger partial charge in [-0.05, 0) is 56.5 Å². The minimum Gasteiger partial charge on any atom is -0.338 e. The van der Waals surface area contributed by atoms with E-state index >= 15 is 0 Å². The van der Waals surface area contributed by atoms with Crippen molar-refractivity contribution in [1.29, 1.82) is 0 Å². The summed E-state index contributed by atoms with van der Waals surface area (Å²) >= 11 is 6.34. The first-order chi connectivity index (χ1) is 13.0. The largest absolute Gasteiger partial charge is 0.338 e. The standard InChI is InChI=1S/C22H26ClN3O/c1-4-5-8-14-24-16(3)21-25-19-12-7-6-10-17(19)22(27)26(21)20-13-9-11-18(23)15(20)2/h6-7,9-13,16,24H,4-5,8,14H2,1-3H3/p+1/t16-/m1/s1. The van der Waals surface area contributed by atoms with Crippen LogP contribution in [-0.4, -0.2) is 16.1 Å². The van der Waals surface area contributed by atoms with E-state index in [9.17, 15) is 4.79 Å². The number of quaternary nitrogens is 1. The van der Waals surface area contributed by atoms with E-state index in [1.54, 1.807) is 4.57 Å². The molecule has 2 aromatic carbocycles. The van der Waals surface area contributed by atoms with Crippen molar-refractivity contribution < 1.29 is 5.32 Å². The van der Waals surface area contributed by atoms with E-state index in [1.807, 2.05) is 49.4 Å². The molecular formula is C22H27ClN3O+. The predicted octanol–water partition coefficient (Wildman–Crippen LogP) is 4.16. The molecule has 0 aliphatic rings. The number of unbranched alkanes of at least 4 members (excludes halogenated alkanes) is 2. The molecular weight excluding hydrogens is 358 g/mol. The minimum absolute atomic E-state index is 0.0465. The molecule has 4 nitrogen and oxygen atoms in total. The smallest absolute Gasteiger partial charge is 0.266 e. The third kappa shape index (κ3) is 4.07. The average molecular weight is 385 g/mol. The SMILES string of the molecule is CCCCC[NH2+][C@H](C)c1nc2ccccc2c(=O)n1-c1cccc(Cl)c1C. The van der Waals surface area contributed by atoms with Crippen molar-refractivity contribution in [2.24, 2.45) is 0 Å². The number of halogens is 1. The number of rotatable bonds is 7. The number of nitrogens with zero attached hydrogens (tertiary/aromatic N) is 2. The summed E-state index contributed by atoms with van der Waals surface area (Å²) in [5.74, 6) is 0.764. The Balaban J connectivity index is 2.16. The van der Waals surface area contributed by atoms with Gasteiger partial charge in [0.15, 0.2) is 5.82 Å². The highest BCUT2D eigenvalue weighted by molar-refractivity contribution is 6.31. The van der Waals surface area contributed by atoms with Gasteiger partial charge in [-0.1, -0.05) is 43.1 Å². The first-order valence-electron chi connectivity index (χ1n) is 9.65. The molecule has 0 bridgehead atoms. The van der Waals surface area contributed by atoms with Gasteiger partial charge in [0.1, 0.15) is 6.04 Å². The lowest BCUT2D eigenvalue weighted by molar-refractivity contribution is -0.694. The van der Waals surface area contributed by atoms with Crippen molar-refractivity contribution in [3.8, 4) is 5.69 Å². The van der Waals surface area contributed by atoms with Crippen LogP contribution in [0.5, 0.6) is 0 Å². The lowest BCUT2D eigenvalue weighted by Gasteiger charge is -2.19. The number of nitrogens with two attached hydrogens (primary N) is 1. The molecule has 27 heavy (non-hydrogen) atoms. The second-order valence-corrected chi connectivity index (χ2v) is 7.44. The van der Waals surface area contributed by atoms with Crippen LogP contribution >= 0.6 is 11.6 Å². The van der Waals surface area contributed by atoms with Gasteiger partial charge < -0.3 is 5.32 Å². The van der Waals surface area contributed by atoms with Crippen molar-refractivity contribution >= 4 is 22.5 Å². The van der Waals surface area contributed by atoms with E-state index in [4.69, 9.17) is 16.6 Å². The van der Waals surface area contributed by atoms with Crippen molar-refractivity contribution in [2.75, 3.05) is 6.54 Å². The molecule has 0 amide bonds. The molecule has 0 fully saturated rings. The zero-order chi connectivity index (χ0) is 19.4. The average Bonchev–Trinajstić information content (AvgIpc) is 2.67. The fourth-order valence-corrected chi connectivity index (χ4v) is 3.56. The van der Waals surface area contributed by atoms with Crippen LogP contribution in [0.2, 0.25) is 5.02 Å². The van der Waals surface area contributed by atoms with Crippen molar-refractivity contribution in [3.63, 3.8) is 0 Å². The zero-order valence-corrected chi connectivity index (χ0v) is 17.0. The lowest BCUT2D eigenvalue weighted by atomic mass is 10.1. The molecule has 142 valence electrons. The Kier molecular flexibility index (Phi) is 6.30. The second kappa shape index (κ2) is 8.68. The number of hydrogen-bond acceptors (Lipinski definition) is 2. The summed E-state index contributed by atoms with van der Waals surface area (Å²) in [6, 6.07) is 13.3. The van der Waals surface area contributed by atoms with Crippen LogP contribution in [0.3, 0.4) is 0 Å². The molecule has 1 heterocycles. The molecule has 2 N–H and O–H groups in total. The van der Waals surface area contributed by atoms with Crippen molar-refractivity contribution in [3.05, 3.63) is 69.2 Å². The highest BCUT2D eigenvalue weighted by Gasteiger charge is 2.21. The second-order valence-electron chi connectivity index (χ2n) is 7.03. The molecule has 0 saturated carbocycles. The molecule has 0 spiro atoms. The Hall–Kier alpha value is -2.17. The van der Waals surface area contributed by atoms with Crippen LogP contribution in [0, 0.1) is 6.92 Å². The molecule has 1 atom stereocenters. The monoisotopic (exact) mass is 384 g/mol. The number of aromatic nitrogens is 2.